The molecule has 8 heteroatoms. The number of benzene rings is 1. The van der Waals surface area contributed by atoms with Gasteiger partial charge in [0, 0.05) is 49.3 Å². The predicted octanol–water partition coefficient (Wildman–Crippen LogP) is 2.05. The van der Waals surface area contributed by atoms with E-state index in [0.717, 1.165) is 75.1 Å². The van der Waals surface area contributed by atoms with Gasteiger partial charge in [-0.15, -0.1) is 0 Å². The first-order valence-electron chi connectivity index (χ1n) is 11.4. The van der Waals surface area contributed by atoms with Crippen LogP contribution < -0.4 is 15.4 Å². The molecule has 0 saturated carbocycles. The maximum absolute atomic E-state index is 12.6. The molecular formula is C24H28N4O4. The first-order valence-corrected chi connectivity index (χ1v) is 11.4. The van der Waals surface area contributed by atoms with Crippen LogP contribution in [0.5, 0.6) is 0 Å². The number of carbonyl (C=O) groups excluding carboxylic acids is 1. The SMILES string of the molecule is O=C(O)C(=O)CCN1CC2(CCN(c3nc4c(c(=O)[nH]3)CCCC4)CC2)c2ccccc21. The van der Waals surface area contributed by atoms with Crippen molar-refractivity contribution < 1.29 is 14.7 Å². The van der Waals surface area contributed by atoms with E-state index in [-0.39, 0.29) is 17.4 Å². The summed E-state index contributed by atoms with van der Waals surface area (Å²) in [6.45, 7) is 2.77. The maximum atomic E-state index is 12.6. The Morgan fingerprint density at radius 3 is 2.66 bits per heavy atom. The molecule has 2 aliphatic heterocycles. The highest BCUT2D eigenvalue weighted by Crippen LogP contribution is 2.47. The highest BCUT2D eigenvalue weighted by atomic mass is 16.4. The number of anilines is 2. The number of rotatable bonds is 5. The highest BCUT2D eigenvalue weighted by molar-refractivity contribution is 6.32. The van der Waals surface area contributed by atoms with E-state index in [1.165, 1.54) is 5.56 Å². The zero-order valence-corrected chi connectivity index (χ0v) is 18.1. The molecule has 32 heavy (non-hydrogen) atoms. The van der Waals surface area contributed by atoms with Crippen LogP contribution >= 0.6 is 0 Å². The largest absolute Gasteiger partial charge is 0.476 e. The third-order valence-electron chi connectivity index (χ3n) is 7.36. The van der Waals surface area contributed by atoms with Gasteiger partial charge in [0.25, 0.3) is 5.56 Å². The van der Waals surface area contributed by atoms with Gasteiger partial charge in [-0.1, -0.05) is 18.2 Å². The number of para-hydroxylation sites is 1. The van der Waals surface area contributed by atoms with E-state index < -0.39 is 11.8 Å². The number of carboxylic acid groups (broad SMARTS) is 1. The van der Waals surface area contributed by atoms with Gasteiger partial charge in [-0.25, -0.2) is 9.78 Å². The second-order valence-electron chi connectivity index (χ2n) is 9.21. The van der Waals surface area contributed by atoms with Gasteiger partial charge in [0.2, 0.25) is 11.7 Å². The Balaban J connectivity index is 1.34. The molecular weight excluding hydrogens is 408 g/mol. The average Bonchev–Trinajstić information content (AvgIpc) is 3.11. The third kappa shape index (κ3) is 3.57. The quantitative estimate of drug-likeness (QED) is 0.691. The number of Topliss-reactive ketones (excluding diaryl/α,β-unsaturated/α-hetero) is 1. The van der Waals surface area contributed by atoms with Crippen molar-refractivity contribution in [3.63, 3.8) is 0 Å². The van der Waals surface area contributed by atoms with Gasteiger partial charge >= 0.3 is 5.97 Å². The molecule has 5 rings (SSSR count). The number of ketones is 1. The molecule has 3 heterocycles. The van der Waals surface area contributed by atoms with Gasteiger partial charge in [-0.3, -0.25) is 14.6 Å². The van der Waals surface area contributed by atoms with Crippen LogP contribution in [-0.2, 0) is 27.8 Å². The Kier molecular flexibility index (Phi) is 5.23. The number of carboxylic acids is 1. The van der Waals surface area contributed by atoms with Crippen molar-refractivity contribution in [3.8, 4) is 0 Å². The number of aromatic amines is 1. The maximum Gasteiger partial charge on any atom is 0.372 e. The van der Waals surface area contributed by atoms with Crippen molar-refractivity contribution >= 4 is 23.4 Å². The van der Waals surface area contributed by atoms with Crippen LogP contribution in [-0.4, -0.2) is 53.0 Å². The minimum absolute atomic E-state index is 0.00507. The van der Waals surface area contributed by atoms with E-state index in [4.69, 9.17) is 10.1 Å². The van der Waals surface area contributed by atoms with Crippen molar-refractivity contribution in [1.29, 1.82) is 0 Å². The number of aliphatic carboxylic acids is 1. The number of piperidine rings is 1. The van der Waals surface area contributed by atoms with E-state index in [2.05, 4.69) is 26.9 Å². The molecule has 0 amide bonds. The van der Waals surface area contributed by atoms with Crippen LogP contribution in [0, 0.1) is 0 Å². The molecule has 168 valence electrons. The lowest BCUT2D eigenvalue weighted by Crippen LogP contribution is -2.46. The van der Waals surface area contributed by atoms with Crippen LogP contribution in [0.15, 0.2) is 29.1 Å². The molecule has 2 N–H and O–H groups in total. The van der Waals surface area contributed by atoms with Gasteiger partial charge < -0.3 is 14.9 Å². The molecule has 2 aromatic rings. The van der Waals surface area contributed by atoms with Gasteiger partial charge in [-0.2, -0.15) is 0 Å². The fourth-order valence-corrected chi connectivity index (χ4v) is 5.59. The van der Waals surface area contributed by atoms with Crippen molar-refractivity contribution in [2.75, 3.05) is 36.0 Å². The molecule has 3 aliphatic rings. The zero-order chi connectivity index (χ0) is 22.3. The van der Waals surface area contributed by atoms with Crippen LogP contribution in [0.4, 0.5) is 11.6 Å². The Morgan fingerprint density at radius 2 is 1.88 bits per heavy atom. The monoisotopic (exact) mass is 436 g/mol. The van der Waals surface area contributed by atoms with E-state index in [1.807, 2.05) is 12.1 Å². The lowest BCUT2D eigenvalue weighted by molar-refractivity contribution is -0.149. The van der Waals surface area contributed by atoms with Crippen LogP contribution in [0.25, 0.3) is 0 Å². The van der Waals surface area contributed by atoms with Crippen LogP contribution in [0.3, 0.4) is 0 Å². The molecule has 1 aromatic carbocycles. The van der Waals surface area contributed by atoms with Crippen LogP contribution in [0.2, 0.25) is 0 Å². The lowest BCUT2D eigenvalue weighted by Gasteiger charge is -2.40. The van der Waals surface area contributed by atoms with E-state index in [1.54, 1.807) is 0 Å². The number of aryl methyl sites for hydroxylation is 1. The fourth-order valence-electron chi connectivity index (χ4n) is 5.59. The molecule has 0 bridgehead atoms. The van der Waals surface area contributed by atoms with Crippen LogP contribution in [0.1, 0.15) is 48.9 Å². The normalized spacial score (nSPS) is 19.0. The Hall–Kier alpha value is -3.16. The van der Waals surface area contributed by atoms with Crippen molar-refractivity contribution in [1.82, 2.24) is 9.97 Å². The standard InChI is InChI=1S/C24H28N4O4/c29-20(22(31)32)9-12-28-15-24(17-6-2-4-8-19(17)28)10-13-27(14-11-24)23-25-18-7-3-1-5-16(18)21(30)26-23/h2,4,6,8H,1,3,5,7,9-15H2,(H,31,32)(H,25,26,30). The summed E-state index contributed by atoms with van der Waals surface area (Å²) >= 11 is 0. The number of nitrogens with zero attached hydrogens (tertiary/aromatic N) is 3. The van der Waals surface area contributed by atoms with Gasteiger partial charge in [-0.05, 0) is 50.2 Å². The van der Waals surface area contributed by atoms with Gasteiger partial charge in [0.05, 0.1) is 5.69 Å². The number of nitrogens with one attached hydrogen (secondary N) is 1. The molecule has 0 atom stereocenters. The average molecular weight is 437 g/mol. The molecule has 1 aliphatic carbocycles. The highest BCUT2D eigenvalue weighted by Gasteiger charge is 2.44. The minimum Gasteiger partial charge on any atom is -0.476 e. The number of hydrogen-bond acceptors (Lipinski definition) is 6. The third-order valence-corrected chi connectivity index (χ3v) is 7.36. The van der Waals surface area contributed by atoms with Crippen molar-refractivity contribution in [2.45, 2.75) is 50.4 Å². The van der Waals surface area contributed by atoms with E-state index >= 15 is 0 Å². The number of hydrogen-bond donors (Lipinski definition) is 2. The number of aromatic nitrogens is 2. The molecule has 1 saturated heterocycles. The fraction of sp³-hybridized carbons (Fsp3) is 0.500. The smallest absolute Gasteiger partial charge is 0.372 e. The van der Waals surface area contributed by atoms with E-state index in [0.29, 0.717) is 12.5 Å². The topological polar surface area (TPSA) is 107 Å². The summed E-state index contributed by atoms with van der Waals surface area (Å²) in [5.74, 6) is -1.44. The zero-order valence-electron chi connectivity index (χ0n) is 18.1. The number of carbonyl (C=O) groups is 2. The number of H-pyrrole nitrogens is 1. The summed E-state index contributed by atoms with van der Waals surface area (Å²) in [7, 11) is 0. The summed E-state index contributed by atoms with van der Waals surface area (Å²) in [6.07, 6.45) is 5.66. The van der Waals surface area contributed by atoms with Crippen molar-refractivity contribution in [3.05, 3.63) is 51.4 Å². The lowest BCUT2D eigenvalue weighted by atomic mass is 9.74. The Bertz CT molecular complexity index is 1120. The molecule has 0 unspecified atom stereocenters. The molecule has 1 spiro atoms. The summed E-state index contributed by atoms with van der Waals surface area (Å²) in [6, 6.07) is 8.25. The second-order valence-corrected chi connectivity index (χ2v) is 9.21. The Morgan fingerprint density at radius 1 is 1.12 bits per heavy atom. The predicted molar refractivity (Wildman–Crippen MR) is 121 cm³/mol. The van der Waals surface area contributed by atoms with E-state index in [9.17, 15) is 14.4 Å². The minimum atomic E-state index is -1.37. The summed E-state index contributed by atoms with van der Waals surface area (Å²) < 4.78 is 0. The summed E-state index contributed by atoms with van der Waals surface area (Å²) in [5, 5.41) is 8.92. The molecule has 8 nitrogen and oxygen atoms in total. The number of fused-ring (bicyclic) bond motifs is 3. The second kappa shape index (κ2) is 8.07. The first kappa shape index (κ1) is 20.7. The molecule has 0 radical (unpaired) electrons. The summed E-state index contributed by atoms with van der Waals surface area (Å²) in [4.78, 5) is 47.3. The first-order chi connectivity index (χ1) is 15.5. The molecule has 1 aromatic heterocycles. The molecule has 1 fully saturated rings. The van der Waals surface area contributed by atoms with Crippen molar-refractivity contribution in [2.24, 2.45) is 0 Å². The summed E-state index contributed by atoms with van der Waals surface area (Å²) in [5.41, 5.74) is 4.15. The van der Waals surface area contributed by atoms with Gasteiger partial charge in [0.15, 0.2) is 0 Å². The van der Waals surface area contributed by atoms with Gasteiger partial charge in [0.1, 0.15) is 0 Å². The Labute approximate surface area is 186 Å².